The van der Waals surface area contributed by atoms with Crippen molar-refractivity contribution in [2.24, 2.45) is 0 Å². The van der Waals surface area contributed by atoms with E-state index in [-0.39, 0.29) is 50.2 Å². The van der Waals surface area contributed by atoms with Crippen molar-refractivity contribution in [3.63, 3.8) is 0 Å². The highest BCUT2D eigenvalue weighted by Crippen LogP contribution is 2.62. The molecule has 402 valence electrons. The summed E-state index contributed by atoms with van der Waals surface area (Å²) >= 11 is 0. The molecule has 2 unspecified atom stereocenters. The quantitative estimate of drug-likeness (QED) is 0.163. The third kappa shape index (κ3) is 7.02. The Bertz CT molecular complexity index is 3830. The third-order valence-corrected chi connectivity index (χ3v) is 22.6. The summed E-state index contributed by atoms with van der Waals surface area (Å²) in [7, 11) is 0. The molecule has 0 bridgehead atoms. The Morgan fingerprint density at radius 2 is 1.09 bits per heavy atom. The maximum absolute atomic E-state index is 2.84. The van der Waals surface area contributed by atoms with Crippen LogP contribution in [0.4, 0.5) is 28.4 Å². The summed E-state index contributed by atoms with van der Waals surface area (Å²) in [5.41, 5.74) is 32.3. The Hall–Kier alpha value is -6.06. The number of benzene rings is 7. The topological polar surface area (TPSA) is 6.48 Å². The van der Waals surface area contributed by atoms with Crippen LogP contribution in [-0.2, 0) is 37.9 Å². The minimum absolute atomic E-state index is 0.00924. The van der Waals surface area contributed by atoms with Gasteiger partial charge in [0.05, 0.1) is 5.54 Å². The number of rotatable bonds is 3. The van der Waals surface area contributed by atoms with Gasteiger partial charge in [0, 0.05) is 39.3 Å². The van der Waals surface area contributed by atoms with E-state index >= 15 is 0 Å². The Morgan fingerprint density at radius 3 is 1.81 bits per heavy atom. The predicted molar refractivity (Wildman–Crippen MR) is 340 cm³/mol. The van der Waals surface area contributed by atoms with Crippen LogP contribution in [0.15, 0.2) is 121 Å². The average Bonchev–Trinajstić information content (AvgIpc) is 3.67. The minimum atomic E-state index is -0.131. The smallest absolute Gasteiger partial charge is 0.248 e. The highest BCUT2D eigenvalue weighted by molar-refractivity contribution is 6.99. The van der Waals surface area contributed by atoms with Gasteiger partial charge in [-0.15, -0.1) is 0 Å². The van der Waals surface area contributed by atoms with Crippen LogP contribution in [0.2, 0.25) is 0 Å². The monoisotopic (exact) mass is 1040 g/mol. The van der Waals surface area contributed by atoms with Crippen molar-refractivity contribution in [1.82, 2.24) is 0 Å². The molecule has 7 aromatic rings. The van der Waals surface area contributed by atoms with E-state index in [1.165, 1.54) is 173 Å². The van der Waals surface area contributed by atoms with Crippen LogP contribution < -0.4 is 26.2 Å². The van der Waals surface area contributed by atoms with Gasteiger partial charge in [-0.1, -0.05) is 194 Å². The molecule has 7 aromatic carbocycles. The fourth-order valence-corrected chi connectivity index (χ4v) is 17.3. The number of hydrogen-bond acceptors (Lipinski definition) is 2. The molecule has 14 rings (SSSR count). The maximum Gasteiger partial charge on any atom is 0.248 e. The summed E-state index contributed by atoms with van der Waals surface area (Å²) in [6.07, 6.45) is 12.3. The van der Waals surface area contributed by atoms with Gasteiger partial charge in [-0.25, -0.2) is 0 Å². The molecule has 0 amide bonds. The largest absolute Gasteiger partial charge is 0.334 e. The average molecular weight is 1040 g/mol. The van der Waals surface area contributed by atoms with E-state index in [1.807, 2.05) is 0 Å². The number of fused-ring (bicyclic) bond motifs is 12. The van der Waals surface area contributed by atoms with E-state index in [9.17, 15) is 0 Å². The van der Waals surface area contributed by atoms with Gasteiger partial charge in [-0.3, -0.25) is 0 Å². The number of aryl methyl sites for hydroxylation is 1. The van der Waals surface area contributed by atoms with Gasteiger partial charge in [-0.05, 0) is 222 Å². The van der Waals surface area contributed by atoms with Gasteiger partial charge in [0.2, 0.25) is 6.71 Å². The van der Waals surface area contributed by atoms with E-state index in [1.54, 1.807) is 0 Å². The van der Waals surface area contributed by atoms with Crippen molar-refractivity contribution in [1.29, 1.82) is 0 Å². The first kappa shape index (κ1) is 51.1. The molecule has 1 saturated carbocycles. The van der Waals surface area contributed by atoms with Crippen molar-refractivity contribution in [3.05, 3.63) is 188 Å². The van der Waals surface area contributed by atoms with Gasteiger partial charge in [-0.2, -0.15) is 0 Å². The first-order valence-electron chi connectivity index (χ1n) is 30.5. The van der Waals surface area contributed by atoms with E-state index in [4.69, 9.17) is 0 Å². The van der Waals surface area contributed by atoms with Crippen molar-refractivity contribution in [2.45, 2.75) is 206 Å². The molecule has 7 aliphatic rings. The first-order chi connectivity index (χ1) is 37.2. The van der Waals surface area contributed by atoms with Crippen molar-refractivity contribution < 1.29 is 0 Å². The predicted octanol–water partition coefficient (Wildman–Crippen LogP) is 18.2. The van der Waals surface area contributed by atoms with Crippen LogP contribution in [0, 0.1) is 6.92 Å². The molecule has 0 spiro atoms. The fraction of sp³-hybridized carbons (Fsp3) is 0.421. The standard InChI is InChI=1S/C76H85BN2/c1-46-38-47-40-53(51-23-21-25-57-67(51)52-22-17-18-24-55(52)74(57,13)14)54-42-50(79-64-31-26-48(69(2,3)4)41-61(64)75(15)32-19-20-33-76(75,79)16)28-30-62(54)77-63-44-59-60(73(11,12)37-36-72(59,9)10)45-65(63)78(66(39-46)68(47)77)49-27-29-56-58(43-49)71(7,8)35-34-70(56,5)6/h17-18,21-31,38-45H,19-20,32-37H2,1-16H3. The van der Waals surface area contributed by atoms with E-state index in [2.05, 4.69) is 248 Å². The molecule has 1 fully saturated rings. The molecule has 4 aliphatic carbocycles. The molecule has 3 heterocycles. The lowest BCUT2D eigenvalue weighted by Crippen LogP contribution is -2.59. The van der Waals surface area contributed by atoms with Crippen LogP contribution in [-0.4, -0.2) is 12.3 Å². The number of hydrogen-bond donors (Lipinski definition) is 0. The lowest BCUT2D eigenvalue weighted by atomic mass is 9.33. The SMILES string of the molecule is Cc1cc2c3c(c1)N(c1ccc4c(c1)C(C)(C)CCC4(C)C)c1cc4c(cc1B3c1ccc(N3c5ccc(C(C)(C)C)cc5C5(C)CCCCC35C)cc1C(c1cccc3c1-c1ccccc1C3(C)C)=C2)C(C)(C)CCC4(C)C. The fourth-order valence-electron chi connectivity index (χ4n) is 17.3. The molecular weight excluding hydrogens is 952 g/mol. The lowest BCUT2D eigenvalue weighted by molar-refractivity contribution is 0.195. The molecule has 79 heavy (non-hydrogen) atoms. The Kier molecular flexibility index (Phi) is 10.6. The van der Waals surface area contributed by atoms with E-state index in [0.29, 0.717) is 0 Å². The summed E-state index contributed by atoms with van der Waals surface area (Å²) in [5.74, 6) is 0. The Balaban J connectivity index is 1.09. The molecule has 0 aromatic heterocycles. The zero-order valence-electron chi connectivity index (χ0n) is 50.8. The highest BCUT2D eigenvalue weighted by atomic mass is 15.3. The van der Waals surface area contributed by atoms with Crippen LogP contribution in [0.25, 0.3) is 22.8 Å². The van der Waals surface area contributed by atoms with E-state index in [0.717, 1.165) is 6.42 Å². The second kappa shape index (κ2) is 16.3. The van der Waals surface area contributed by atoms with Crippen LogP contribution in [0.3, 0.4) is 0 Å². The molecule has 3 heteroatoms. The summed E-state index contributed by atoms with van der Waals surface area (Å²) in [5, 5.41) is 0. The van der Waals surface area contributed by atoms with Gasteiger partial charge < -0.3 is 9.80 Å². The van der Waals surface area contributed by atoms with Crippen molar-refractivity contribution in [3.8, 4) is 11.1 Å². The first-order valence-corrected chi connectivity index (χ1v) is 30.5. The van der Waals surface area contributed by atoms with Crippen LogP contribution in [0.5, 0.6) is 0 Å². The van der Waals surface area contributed by atoms with E-state index < -0.39 is 0 Å². The van der Waals surface area contributed by atoms with Gasteiger partial charge >= 0.3 is 0 Å². The van der Waals surface area contributed by atoms with Gasteiger partial charge in [0.25, 0.3) is 0 Å². The summed E-state index contributed by atoms with van der Waals surface area (Å²) in [6, 6.07) is 50.0. The van der Waals surface area contributed by atoms with Gasteiger partial charge in [0.15, 0.2) is 0 Å². The second-order valence-electron chi connectivity index (χ2n) is 30.6. The Labute approximate surface area is 475 Å². The molecule has 2 atom stereocenters. The van der Waals surface area contributed by atoms with Crippen LogP contribution >= 0.6 is 0 Å². The molecule has 3 aliphatic heterocycles. The summed E-state index contributed by atoms with van der Waals surface area (Å²) < 4.78 is 0. The summed E-state index contributed by atoms with van der Waals surface area (Å²) in [6.45, 7) is 39.5. The zero-order chi connectivity index (χ0) is 55.5. The van der Waals surface area contributed by atoms with Crippen LogP contribution in [0.1, 0.15) is 222 Å². The van der Waals surface area contributed by atoms with Gasteiger partial charge in [0.1, 0.15) is 0 Å². The number of nitrogens with zero attached hydrogens (tertiary/aromatic N) is 2. The molecule has 0 radical (unpaired) electrons. The van der Waals surface area contributed by atoms with Crippen molar-refractivity contribution in [2.75, 3.05) is 9.80 Å². The maximum atomic E-state index is 2.84. The van der Waals surface area contributed by atoms with Crippen molar-refractivity contribution >= 4 is 63.2 Å². The normalized spacial score (nSPS) is 23.6. The molecule has 0 saturated heterocycles. The molecular formula is C76H85BN2. The second-order valence-corrected chi connectivity index (χ2v) is 30.6. The zero-order valence-corrected chi connectivity index (χ0v) is 50.8. The highest BCUT2D eigenvalue weighted by Gasteiger charge is 2.58. The molecule has 0 N–H and O–H groups in total. The summed E-state index contributed by atoms with van der Waals surface area (Å²) in [4.78, 5) is 5.57. The lowest BCUT2D eigenvalue weighted by Gasteiger charge is -2.50. The number of anilines is 5. The third-order valence-electron chi connectivity index (χ3n) is 22.6. The minimum Gasteiger partial charge on any atom is -0.334 e. The Morgan fingerprint density at radius 1 is 0.456 bits per heavy atom. The molecule has 2 nitrogen and oxygen atoms in total.